The van der Waals surface area contributed by atoms with Crippen LogP contribution in [0.4, 0.5) is 5.69 Å². The van der Waals surface area contributed by atoms with Crippen LogP contribution in [-0.2, 0) is 9.59 Å². The fourth-order valence-corrected chi connectivity index (χ4v) is 3.71. The van der Waals surface area contributed by atoms with Gasteiger partial charge in [0.2, 0.25) is 11.8 Å². The molecule has 138 valence electrons. The number of aryl methyl sites for hydroxylation is 1. The molecule has 1 aliphatic rings. The summed E-state index contributed by atoms with van der Waals surface area (Å²) >= 11 is 1.40. The van der Waals surface area contributed by atoms with E-state index in [9.17, 15) is 9.59 Å². The minimum atomic E-state index is -0.212. The standard InChI is InChI=1S/C19H29N3O2S/c1-4-11-22(17-9-10-20-12-17)19(24)15(3)25-13-18(23)21-16-7-5-14(2)6-8-16/h5-8,15,17,20H,4,9-13H2,1-3H3,(H,21,23). The van der Waals surface area contributed by atoms with Crippen LogP contribution in [0.5, 0.6) is 0 Å². The molecule has 0 spiro atoms. The number of anilines is 1. The highest BCUT2D eigenvalue weighted by Crippen LogP contribution is 2.19. The number of hydrogen-bond acceptors (Lipinski definition) is 4. The molecule has 25 heavy (non-hydrogen) atoms. The summed E-state index contributed by atoms with van der Waals surface area (Å²) in [6.07, 6.45) is 1.96. The topological polar surface area (TPSA) is 61.4 Å². The number of nitrogens with one attached hydrogen (secondary N) is 2. The molecule has 1 aromatic rings. The third-order valence-corrected chi connectivity index (χ3v) is 5.50. The third-order valence-electron chi connectivity index (χ3n) is 4.37. The second kappa shape index (κ2) is 9.82. The minimum absolute atomic E-state index is 0.0712. The summed E-state index contributed by atoms with van der Waals surface area (Å²) in [6.45, 7) is 8.63. The second-order valence-corrected chi connectivity index (χ2v) is 7.87. The highest BCUT2D eigenvalue weighted by molar-refractivity contribution is 8.01. The number of amides is 2. The molecule has 1 fully saturated rings. The van der Waals surface area contributed by atoms with Crippen molar-refractivity contribution in [3.05, 3.63) is 29.8 Å². The van der Waals surface area contributed by atoms with E-state index in [-0.39, 0.29) is 28.9 Å². The first-order chi connectivity index (χ1) is 12.0. The van der Waals surface area contributed by atoms with Crippen molar-refractivity contribution in [2.45, 2.75) is 44.9 Å². The van der Waals surface area contributed by atoms with E-state index in [1.165, 1.54) is 11.8 Å². The predicted octanol–water partition coefficient (Wildman–Crippen LogP) is 2.66. The molecule has 0 saturated carbocycles. The molecule has 0 aromatic heterocycles. The van der Waals surface area contributed by atoms with Crippen LogP contribution < -0.4 is 10.6 Å². The molecule has 0 radical (unpaired) electrons. The molecule has 1 aromatic carbocycles. The largest absolute Gasteiger partial charge is 0.337 e. The van der Waals surface area contributed by atoms with Crippen LogP contribution in [0.25, 0.3) is 0 Å². The summed E-state index contributed by atoms with van der Waals surface area (Å²) in [4.78, 5) is 26.9. The molecule has 6 heteroatoms. The van der Waals surface area contributed by atoms with Crippen LogP contribution in [0.2, 0.25) is 0 Å². The normalized spacial score (nSPS) is 18.0. The van der Waals surface area contributed by atoms with Gasteiger partial charge in [-0.2, -0.15) is 0 Å². The Labute approximate surface area is 154 Å². The number of benzene rings is 1. The van der Waals surface area contributed by atoms with Gasteiger partial charge in [-0.1, -0.05) is 24.6 Å². The molecule has 0 bridgehead atoms. The van der Waals surface area contributed by atoms with Gasteiger partial charge in [0.05, 0.1) is 11.0 Å². The molecule has 2 rings (SSSR count). The molecule has 5 nitrogen and oxygen atoms in total. The van der Waals surface area contributed by atoms with Gasteiger partial charge in [-0.15, -0.1) is 11.8 Å². The van der Waals surface area contributed by atoms with Crippen molar-refractivity contribution in [1.82, 2.24) is 10.2 Å². The van der Waals surface area contributed by atoms with Crippen molar-refractivity contribution in [3.63, 3.8) is 0 Å². The lowest BCUT2D eigenvalue weighted by Gasteiger charge is -2.30. The first-order valence-corrected chi connectivity index (χ1v) is 10.1. The number of thioether (sulfide) groups is 1. The van der Waals surface area contributed by atoms with Gasteiger partial charge in [-0.05, 0) is 45.4 Å². The van der Waals surface area contributed by atoms with Gasteiger partial charge in [0.15, 0.2) is 0 Å². The van der Waals surface area contributed by atoms with Gasteiger partial charge in [0.1, 0.15) is 0 Å². The van der Waals surface area contributed by atoms with Crippen molar-refractivity contribution in [2.75, 3.05) is 30.7 Å². The van der Waals surface area contributed by atoms with Gasteiger partial charge >= 0.3 is 0 Å². The van der Waals surface area contributed by atoms with Crippen LogP contribution in [0.1, 0.15) is 32.3 Å². The van der Waals surface area contributed by atoms with E-state index in [1.54, 1.807) is 0 Å². The number of rotatable bonds is 8. The van der Waals surface area contributed by atoms with Crippen LogP contribution >= 0.6 is 11.8 Å². The summed E-state index contributed by atoms with van der Waals surface area (Å²) in [6, 6.07) is 8.00. The van der Waals surface area contributed by atoms with Crippen molar-refractivity contribution in [3.8, 4) is 0 Å². The Balaban J connectivity index is 1.82. The number of hydrogen-bond donors (Lipinski definition) is 2. The Morgan fingerprint density at radius 3 is 2.68 bits per heavy atom. The lowest BCUT2D eigenvalue weighted by atomic mass is 10.2. The van der Waals surface area contributed by atoms with Gasteiger partial charge in [0.25, 0.3) is 0 Å². The zero-order valence-corrected chi connectivity index (χ0v) is 16.2. The first kappa shape index (κ1) is 19.8. The fraction of sp³-hybridized carbons (Fsp3) is 0.579. The molecule has 1 aliphatic heterocycles. The van der Waals surface area contributed by atoms with Gasteiger partial charge < -0.3 is 15.5 Å². The van der Waals surface area contributed by atoms with E-state index in [2.05, 4.69) is 17.6 Å². The molecule has 2 amide bonds. The maximum absolute atomic E-state index is 12.8. The molecule has 0 aliphatic carbocycles. The summed E-state index contributed by atoms with van der Waals surface area (Å²) in [5.74, 6) is 0.352. The zero-order valence-electron chi connectivity index (χ0n) is 15.4. The zero-order chi connectivity index (χ0) is 18.2. The summed E-state index contributed by atoms with van der Waals surface area (Å²) in [7, 11) is 0. The maximum atomic E-state index is 12.8. The number of carbonyl (C=O) groups excluding carboxylic acids is 2. The van der Waals surface area contributed by atoms with Crippen molar-refractivity contribution in [2.24, 2.45) is 0 Å². The molecular weight excluding hydrogens is 334 g/mol. The van der Waals surface area contributed by atoms with Crippen LogP contribution in [0.15, 0.2) is 24.3 Å². The lowest BCUT2D eigenvalue weighted by molar-refractivity contribution is -0.132. The summed E-state index contributed by atoms with van der Waals surface area (Å²) in [5, 5.41) is 5.99. The van der Waals surface area contributed by atoms with Crippen molar-refractivity contribution < 1.29 is 9.59 Å². The predicted molar refractivity (Wildman–Crippen MR) is 105 cm³/mol. The average Bonchev–Trinajstić information content (AvgIpc) is 3.13. The molecule has 2 N–H and O–H groups in total. The van der Waals surface area contributed by atoms with Crippen LogP contribution in [0, 0.1) is 6.92 Å². The highest BCUT2D eigenvalue weighted by Gasteiger charge is 2.29. The SMILES string of the molecule is CCCN(C(=O)C(C)SCC(=O)Nc1ccc(C)cc1)C1CCNC1. The molecule has 2 unspecified atom stereocenters. The van der Waals surface area contributed by atoms with E-state index in [1.807, 2.05) is 43.0 Å². The monoisotopic (exact) mass is 363 g/mol. The highest BCUT2D eigenvalue weighted by atomic mass is 32.2. The fourth-order valence-electron chi connectivity index (χ4n) is 2.96. The van der Waals surface area contributed by atoms with Crippen LogP contribution in [0.3, 0.4) is 0 Å². The van der Waals surface area contributed by atoms with Gasteiger partial charge in [-0.3, -0.25) is 9.59 Å². The smallest absolute Gasteiger partial charge is 0.235 e. The lowest BCUT2D eigenvalue weighted by Crippen LogP contribution is -2.45. The van der Waals surface area contributed by atoms with E-state index in [0.29, 0.717) is 0 Å². The van der Waals surface area contributed by atoms with Crippen molar-refractivity contribution in [1.29, 1.82) is 0 Å². The van der Waals surface area contributed by atoms with E-state index in [4.69, 9.17) is 0 Å². The Bertz CT molecular complexity index is 571. The van der Waals surface area contributed by atoms with E-state index < -0.39 is 0 Å². The second-order valence-electron chi connectivity index (χ2n) is 6.55. The molecule has 2 atom stereocenters. The summed E-state index contributed by atoms with van der Waals surface area (Å²) in [5.41, 5.74) is 1.95. The van der Waals surface area contributed by atoms with Gasteiger partial charge in [-0.25, -0.2) is 0 Å². The van der Waals surface area contributed by atoms with Gasteiger partial charge in [0, 0.05) is 24.8 Å². The van der Waals surface area contributed by atoms with E-state index in [0.717, 1.165) is 43.7 Å². The Hall–Kier alpha value is -1.53. The third kappa shape index (κ3) is 6.04. The average molecular weight is 364 g/mol. The quantitative estimate of drug-likeness (QED) is 0.745. The molecular formula is C19H29N3O2S. The Morgan fingerprint density at radius 1 is 1.36 bits per heavy atom. The van der Waals surface area contributed by atoms with E-state index >= 15 is 0 Å². The molecule has 1 heterocycles. The minimum Gasteiger partial charge on any atom is -0.337 e. The number of carbonyl (C=O) groups is 2. The maximum Gasteiger partial charge on any atom is 0.235 e. The van der Waals surface area contributed by atoms with Crippen molar-refractivity contribution >= 4 is 29.3 Å². The van der Waals surface area contributed by atoms with Crippen LogP contribution in [-0.4, -0.2) is 53.4 Å². The first-order valence-electron chi connectivity index (χ1n) is 9.00. The Kier molecular flexibility index (Phi) is 7.78. The number of nitrogens with zero attached hydrogens (tertiary/aromatic N) is 1. The molecule has 1 saturated heterocycles. The summed E-state index contributed by atoms with van der Waals surface area (Å²) < 4.78 is 0. The Morgan fingerprint density at radius 2 is 2.08 bits per heavy atom.